The van der Waals surface area contributed by atoms with Gasteiger partial charge in [0.05, 0.1) is 4.21 Å². The molecule has 2 rings (SSSR count). The van der Waals surface area contributed by atoms with Crippen LogP contribution in [0.15, 0.2) is 33.9 Å². The average Bonchev–Trinajstić information content (AvgIpc) is 2.69. The van der Waals surface area contributed by atoms with Gasteiger partial charge in [-0.3, -0.25) is 0 Å². The van der Waals surface area contributed by atoms with Crippen molar-refractivity contribution in [1.29, 1.82) is 0 Å². The minimum absolute atomic E-state index is 0.435. The maximum atomic E-state index is 5.96. The number of thioether (sulfide) groups is 1. The molecule has 0 saturated carbocycles. The van der Waals surface area contributed by atoms with Crippen LogP contribution in [-0.4, -0.2) is 4.98 Å². The molecule has 2 heterocycles. The summed E-state index contributed by atoms with van der Waals surface area (Å²) in [7, 11) is 0. The molecule has 0 saturated heterocycles. The molecule has 0 aliphatic rings. The van der Waals surface area contributed by atoms with Gasteiger partial charge < -0.3 is 0 Å². The Hall–Kier alpha value is -0.220. The van der Waals surface area contributed by atoms with Gasteiger partial charge in [-0.15, -0.1) is 23.1 Å². The molecule has 0 bridgehead atoms. The van der Waals surface area contributed by atoms with E-state index in [4.69, 9.17) is 23.2 Å². The molecule has 2 aromatic rings. The van der Waals surface area contributed by atoms with E-state index >= 15 is 0 Å². The molecule has 5 heteroatoms. The molecule has 15 heavy (non-hydrogen) atoms. The number of rotatable bonds is 3. The second-order valence-corrected chi connectivity index (χ2v) is 5.77. The van der Waals surface area contributed by atoms with Gasteiger partial charge in [-0.25, -0.2) is 4.98 Å². The lowest BCUT2D eigenvalue weighted by Gasteiger charge is -2.02. The van der Waals surface area contributed by atoms with Crippen molar-refractivity contribution < 1.29 is 0 Å². The highest BCUT2D eigenvalue weighted by Crippen LogP contribution is 2.29. The van der Waals surface area contributed by atoms with Crippen molar-refractivity contribution in [3.05, 3.63) is 45.5 Å². The van der Waals surface area contributed by atoms with Gasteiger partial charge in [-0.2, -0.15) is 0 Å². The Morgan fingerprint density at radius 3 is 2.80 bits per heavy atom. The van der Waals surface area contributed by atoms with Gasteiger partial charge in [-0.1, -0.05) is 35.3 Å². The fourth-order valence-electron chi connectivity index (χ4n) is 1.04. The Kier molecular flexibility index (Phi) is 3.92. The molecular weight excluding hydrogens is 269 g/mol. The summed E-state index contributed by atoms with van der Waals surface area (Å²) in [5.74, 6) is 0.823. The van der Waals surface area contributed by atoms with E-state index in [0.717, 1.165) is 11.3 Å². The summed E-state index contributed by atoms with van der Waals surface area (Å²) in [6, 6.07) is 7.80. The van der Waals surface area contributed by atoms with Crippen LogP contribution in [0.3, 0.4) is 0 Å². The Bertz CT molecular complexity index is 443. The van der Waals surface area contributed by atoms with Crippen LogP contribution in [0.2, 0.25) is 10.3 Å². The zero-order chi connectivity index (χ0) is 10.7. The third kappa shape index (κ3) is 3.11. The van der Waals surface area contributed by atoms with Crippen molar-refractivity contribution in [2.75, 3.05) is 0 Å². The third-order valence-electron chi connectivity index (χ3n) is 1.76. The zero-order valence-corrected chi connectivity index (χ0v) is 10.8. The largest absolute Gasteiger partial charge is 0.224 e. The van der Waals surface area contributed by atoms with Crippen LogP contribution in [0.5, 0.6) is 0 Å². The van der Waals surface area contributed by atoms with Crippen molar-refractivity contribution in [2.24, 2.45) is 0 Å². The van der Waals surface area contributed by atoms with E-state index in [9.17, 15) is 0 Å². The molecule has 78 valence electrons. The van der Waals surface area contributed by atoms with Gasteiger partial charge in [0, 0.05) is 5.75 Å². The molecular formula is C10H7Cl2NS2. The topological polar surface area (TPSA) is 12.9 Å². The standard InChI is InChI=1S/C10H7Cl2NS2/c11-8-4-3-7(10(12)13-8)6-15-9-2-1-5-14-9/h1-5H,6H2. The maximum absolute atomic E-state index is 5.96. The van der Waals surface area contributed by atoms with Gasteiger partial charge in [0.1, 0.15) is 10.3 Å². The fraction of sp³-hybridized carbons (Fsp3) is 0.100. The Morgan fingerprint density at radius 2 is 2.13 bits per heavy atom. The van der Waals surface area contributed by atoms with Crippen LogP contribution in [0.1, 0.15) is 5.56 Å². The van der Waals surface area contributed by atoms with Crippen LogP contribution >= 0.6 is 46.3 Å². The summed E-state index contributed by atoms with van der Waals surface area (Å²) < 4.78 is 1.28. The predicted octanol–water partition coefficient (Wildman–Crippen LogP) is 4.74. The number of aromatic nitrogens is 1. The van der Waals surface area contributed by atoms with E-state index in [1.165, 1.54) is 4.21 Å². The second kappa shape index (κ2) is 5.21. The molecule has 0 N–H and O–H groups in total. The highest BCUT2D eigenvalue weighted by Gasteiger charge is 2.03. The Balaban J connectivity index is 2.05. The quantitative estimate of drug-likeness (QED) is 0.593. The minimum atomic E-state index is 0.435. The minimum Gasteiger partial charge on any atom is -0.224 e. The van der Waals surface area contributed by atoms with Crippen molar-refractivity contribution in [2.45, 2.75) is 9.96 Å². The first-order valence-electron chi connectivity index (χ1n) is 4.23. The van der Waals surface area contributed by atoms with E-state index in [2.05, 4.69) is 16.4 Å². The van der Waals surface area contributed by atoms with Crippen molar-refractivity contribution in [3.8, 4) is 0 Å². The van der Waals surface area contributed by atoms with Gasteiger partial charge in [-0.05, 0) is 23.1 Å². The van der Waals surface area contributed by atoms with Gasteiger partial charge in [0.2, 0.25) is 0 Å². The lowest BCUT2D eigenvalue weighted by Crippen LogP contribution is -1.85. The average molecular weight is 276 g/mol. The van der Waals surface area contributed by atoms with Crippen molar-refractivity contribution in [1.82, 2.24) is 4.98 Å². The summed E-state index contributed by atoms with van der Waals surface area (Å²) in [6.45, 7) is 0. The summed E-state index contributed by atoms with van der Waals surface area (Å²) in [6.07, 6.45) is 0. The molecule has 0 fully saturated rings. The second-order valence-electron chi connectivity index (χ2n) is 2.80. The lowest BCUT2D eigenvalue weighted by molar-refractivity contribution is 1.25. The molecule has 0 unspecified atom stereocenters. The molecule has 2 aromatic heterocycles. The highest BCUT2D eigenvalue weighted by molar-refractivity contribution is 8.00. The molecule has 0 atom stereocenters. The summed E-state index contributed by atoms with van der Waals surface area (Å²) in [5, 5.41) is 2.99. The number of hydrogen-bond acceptors (Lipinski definition) is 3. The summed E-state index contributed by atoms with van der Waals surface area (Å²) in [5.41, 5.74) is 1.01. The molecule has 1 nitrogen and oxygen atoms in total. The third-order valence-corrected chi connectivity index (χ3v) is 4.47. The first kappa shape index (κ1) is 11.3. The maximum Gasteiger partial charge on any atom is 0.134 e. The van der Waals surface area contributed by atoms with E-state index in [-0.39, 0.29) is 0 Å². The number of thiophene rings is 1. The summed E-state index contributed by atoms with van der Waals surface area (Å²) >= 11 is 15.2. The number of nitrogens with zero attached hydrogens (tertiary/aromatic N) is 1. The molecule has 0 spiro atoms. The van der Waals surface area contributed by atoms with E-state index < -0.39 is 0 Å². The molecule has 0 radical (unpaired) electrons. The number of halogens is 2. The van der Waals surface area contributed by atoms with E-state index in [1.807, 2.05) is 12.1 Å². The molecule has 0 aliphatic heterocycles. The first-order valence-corrected chi connectivity index (χ1v) is 6.85. The van der Waals surface area contributed by atoms with Crippen molar-refractivity contribution in [3.63, 3.8) is 0 Å². The van der Waals surface area contributed by atoms with Crippen LogP contribution < -0.4 is 0 Å². The predicted molar refractivity (Wildman–Crippen MR) is 68.1 cm³/mol. The van der Waals surface area contributed by atoms with Gasteiger partial charge in [0.25, 0.3) is 0 Å². The van der Waals surface area contributed by atoms with Crippen LogP contribution in [0.4, 0.5) is 0 Å². The van der Waals surface area contributed by atoms with Crippen molar-refractivity contribution >= 4 is 46.3 Å². The normalized spacial score (nSPS) is 10.5. The highest BCUT2D eigenvalue weighted by atomic mass is 35.5. The Labute approximate surface area is 106 Å². The smallest absolute Gasteiger partial charge is 0.134 e. The zero-order valence-electron chi connectivity index (χ0n) is 7.61. The molecule has 0 aliphatic carbocycles. The Morgan fingerprint density at radius 1 is 1.27 bits per heavy atom. The van der Waals surface area contributed by atoms with Crippen LogP contribution in [-0.2, 0) is 5.75 Å². The SMILES string of the molecule is Clc1ccc(CSc2cccs2)c(Cl)n1. The number of pyridine rings is 1. The fourth-order valence-corrected chi connectivity index (χ4v) is 3.30. The van der Waals surface area contributed by atoms with Crippen LogP contribution in [0, 0.1) is 0 Å². The van der Waals surface area contributed by atoms with E-state index in [1.54, 1.807) is 29.2 Å². The molecule has 0 amide bonds. The first-order chi connectivity index (χ1) is 7.25. The summed E-state index contributed by atoms with van der Waals surface area (Å²) in [4.78, 5) is 3.99. The number of hydrogen-bond donors (Lipinski definition) is 0. The molecule has 0 aromatic carbocycles. The van der Waals surface area contributed by atoms with Gasteiger partial charge in [0.15, 0.2) is 0 Å². The van der Waals surface area contributed by atoms with E-state index in [0.29, 0.717) is 10.3 Å². The monoisotopic (exact) mass is 275 g/mol. The lowest BCUT2D eigenvalue weighted by atomic mass is 10.3. The van der Waals surface area contributed by atoms with Crippen LogP contribution in [0.25, 0.3) is 0 Å². The van der Waals surface area contributed by atoms with Gasteiger partial charge >= 0.3 is 0 Å².